The van der Waals surface area contributed by atoms with Gasteiger partial charge in [0.25, 0.3) is 0 Å². The van der Waals surface area contributed by atoms with E-state index in [1.54, 1.807) is 0 Å². The maximum Gasteiger partial charge on any atom is 0.242 e. The van der Waals surface area contributed by atoms with Crippen LogP contribution < -0.4 is 16.0 Å². The second kappa shape index (κ2) is 10.1. The first-order valence-electron chi connectivity index (χ1n) is 8.51. The van der Waals surface area contributed by atoms with E-state index in [1.165, 1.54) is 0 Å². The van der Waals surface area contributed by atoms with E-state index < -0.39 is 6.04 Å². The van der Waals surface area contributed by atoms with Gasteiger partial charge < -0.3 is 16.0 Å². The molecule has 1 heterocycles. The number of nitrogens with one attached hydrogen (secondary N) is 3. The van der Waals surface area contributed by atoms with Gasteiger partial charge in [0.05, 0.1) is 0 Å². The van der Waals surface area contributed by atoms with E-state index in [-0.39, 0.29) is 35.6 Å². The lowest BCUT2D eigenvalue weighted by molar-refractivity contribution is -0.130. The van der Waals surface area contributed by atoms with Crippen molar-refractivity contribution < 1.29 is 9.59 Å². The first-order chi connectivity index (χ1) is 10.2. The number of rotatable bonds is 7. The van der Waals surface area contributed by atoms with Gasteiger partial charge in [0.15, 0.2) is 0 Å². The monoisotopic (exact) mass is 347 g/mol. The molecule has 0 aliphatic carbocycles. The molecule has 0 radical (unpaired) electrons. The lowest BCUT2D eigenvalue weighted by Crippen LogP contribution is -2.52. The number of halogens is 1. The van der Waals surface area contributed by atoms with E-state index in [9.17, 15) is 9.59 Å². The largest absolute Gasteiger partial charge is 0.354 e. The van der Waals surface area contributed by atoms with Crippen molar-refractivity contribution in [2.45, 2.75) is 59.9 Å². The molecule has 0 aromatic carbocycles. The highest BCUT2D eigenvalue weighted by molar-refractivity contribution is 5.87. The van der Waals surface area contributed by atoms with Crippen LogP contribution in [0.1, 0.15) is 53.9 Å². The topological polar surface area (TPSA) is 70.2 Å². The van der Waals surface area contributed by atoms with Gasteiger partial charge in [-0.3, -0.25) is 9.59 Å². The van der Waals surface area contributed by atoms with E-state index in [2.05, 4.69) is 22.9 Å². The number of amides is 2. The molecule has 2 amide bonds. The molecule has 1 atom stereocenters. The molecular formula is C17H34ClN3O2. The molecule has 136 valence electrons. The zero-order chi connectivity index (χ0) is 16.8. The van der Waals surface area contributed by atoms with Crippen LogP contribution in [0.4, 0.5) is 0 Å². The number of piperidine rings is 1. The van der Waals surface area contributed by atoms with Gasteiger partial charge in [0.2, 0.25) is 11.8 Å². The van der Waals surface area contributed by atoms with Gasteiger partial charge in [0.1, 0.15) is 6.04 Å². The van der Waals surface area contributed by atoms with Crippen molar-refractivity contribution in [3.8, 4) is 0 Å². The standard InChI is InChI=1S/C17H33N3O2.ClH/c1-12(2)10-14(21)20-15(13(3)4)16(22)19-11-17(5)6-8-18-9-7-17;/h12-13,15,18H,6-11H2,1-5H3,(H,19,22)(H,20,21);1H. The van der Waals surface area contributed by atoms with E-state index in [4.69, 9.17) is 0 Å². The fourth-order valence-electron chi connectivity index (χ4n) is 2.76. The lowest BCUT2D eigenvalue weighted by atomic mass is 9.81. The molecule has 1 fully saturated rings. The summed E-state index contributed by atoms with van der Waals surface area (Å²) in [6, 6.07) is -0.448. The fourth-order valence-corrected chi connectivity index (χ4v) is 2.76. The Labute approximate surface area is 147 Å². The molecule has 0 spiro atoms. The SMILES string of the molecule is CC(C)CC(=O)NC(C(=O)NCC1(C)CCNCC1)C(C)C.Cl. The van der Waals surface area contributed by atoms with Gasteiger partial charge in [-0.15, -0.1) is 12.4 Å². The Hall–Kier alpha value is -0.810. The summed E-state index contributed by atoms with van der Waals surface area (Å²) in [5.74, 6) is 0.269. The van der Waals surface area contributed by atoms with Crippen molar-refractivity contribution in [2.24, 2.45) is 17.3 Å². The molecule has 1 saturated heterocycles. The van der Waals surface area contributed by atoms with Crippen molar-refractivity contribution in [2.75, 3.05) is 19.6 Å². The minimum Gasteiger partial charge on any atom is -0.354 e. The summed E-state index contributed by atoms with van der Waals surface area (Å²) < 4.78 is 0. The predicted molar refractivity (Wildman–Crippen MR) is 96.7 cm³/mol. The van der Waals surface area contributed by atoms with Gasteiger partial charge in [-0.25, -0.2) is 0 Å². The summed E-state index contributed by atoms with van der Waals surface area (Å²) in [4.78, 5) is 24.4. The summed E-state index contributed by atoms with van der Waals surface area (Å²) in [6.07, 6.45) is 2.60. The highest BCUT2D eigenvalue weighted by Gasteiger charge is 2.30. The molecule has 3 N–H and O–H groups in total. The number of hydrogen-bond donors (Lipinski definition) is 3. The zero-order valence-corrected chi connectivity index (χ0v) is 16.0. The molecule has 6 heteroatoms. The highest BCUT2D eigenvalue weighted by atomic mass is 35.5. The molecule has 1 aliphatic rings. The van der Waals surface area contributed by atoms with E-state index in [1.807, 2.05) is 27.7 Å². The van der Waals surface area contributed by atoms with Crippen LogP contribution in [0.15, 0.2) is 0 Å². The third-order valence-electron chi connectivity index (χ3n) is 4.36. The zero-order valence-electron chi connectivity index (χ0n) is 15.2. The summed E-state index contributed by atoms with van der Waals surface area (Å²) in [7, 11) is 0. The van der Waals surface area contributed by atoms with Gasteiger partial charge in [0, 0.05) is 13.0 Å². The van der Waals surface area contributed by atoms with Crippen LogP contribution in [0.3, 0.4) is 0 Å². The average molecular weight is 348 g/mol. The molecule has 1 aliphatic heterocycles. The fraction of sp³-hybridized carbons (Fsp3) is 0.882. The molecule has 0 saturated carbocycles. The van der Waals surface area contributed by atoms with Gasteiger partial charge in [-0.1, -0.05) is 34.6 Å². The minimum atomic E-state index is -0.448. The Bertz CT molecular complexity index is 380. The molecule has 0 aromatic rings. The number of carbonyl (C=O) groups excluding carboxylic acids is 2. The Morgan fingerprint density at radius 3 is 2.17 bits per heavy atom. The molecular weight excluding hydrogens is 314 g/mol. The Morgan fingerprint density at radius 1 is 1.13 bits per heavy atom. The Balaban J connectivity index is 0.00000484. The van der Waals surface area contributed by atoms with Crippen molar-refractivity contribution in [1.82, 2.24) is 16.0 Å². The normalized spacial score (nSPS) is 18.2. The molecule has 5 nitrogen and oxygen atoms in total. The van der Waals surface area contributed by atoms with Crippen LogP contribution in [-0.2, 0) is 9.59 Å². The summed E-state index contributed by atoms with van der Waals surface area (Å²) in [5, 5.41) is 9.28. The van der Waals surface area contributed by atoms with Crippen LogP contribution in [0, 0.1) is 17.3 Å². The Kier molecular flexibility index (Phi) is 9.78. The van der Waals surface area contributed by atoms with E-state index >= 15 is 0 Å². The Morgan fingerprint density at radius 2 is 1.70 bits per heavy atom. The van der Waals surface area contributed by atoms with Crippen molar-refractivity contribution >= 4 is 24.2 Å². The maximum atomic E-state index is 12.4. The molecule has 1 rings (SSSR count). The summed E-state index contributed by atoms with van der Waals surface area (Å²) >= 11 is 0. The van der Waals surface area contributed by atoms with Gasteiger partial charge >= 0.3 is 0 Å². The highest BCUT2D eigenvalue weighted by Crippen LogP contribution is 2.26. The lowest BCUT2D eigenvalue weighted by Gasteiger charge is -2.35. The summed E-state index contributed by atoms with van der Waals surface area (Å²) in [6.45, 7) is 12.8. The van der Waals surface area contributed by atoms with Crippen LogP contribution >= 0.6 is 12.4 Å². The third kappa shape index (κ3) is 8.02. The van der Waals surface area contributed by atoms with Crippen LogP contribution in [0.5, 0.6) is 0 Å². The van der Waals surface area contributed by atoms with Gasteiger partial charge in [-0.05, 0) is 43.2 Å². The quantitative estimate of drug-likeness (QED) is 0.660. The van der Waals surface area contributed by atoms with Crippen LogP contribution in [0.25, 0.3) is 0 Å². The molecule has 23 heavy (non-hydrogen) atoms. The molecule has 0 aromatic heterocycles. The minimum absolute atomic E-state index is 0. The first kappa shape index (κ1) is 22.2. The van der Waals surface area contributed by atoms with Crippen molar-refractivity contribution in [1.29, 1.82) is 0 Å². The first-order valence-corrected chi connectivity index (χ1v) is 8.51. The smallest absolute Gasteiger partial charge is 0.242 e. The van der Waals surface area contributed by atoms with E-state index in [0.29, 0.717) is 18.9 Å². The van der Waals surface area contributed by atoms with Crippen LogP contribution in [0.2, 0.25) is 0 Å². The maximum absolute atomic E-state index is 12.4. The number of carbonyl (C=O) groups is 2. The molecule has 1 unspecified atom stereocenters. The second-order valence-corrected chi connectivity index (χ2v) is 7.67. The van der Waals surface area contributed by atoms with Crippen molar-refractivity contribution in [3.05, 3.63) is 0 Å². The predicted octanol–water partition coefficient (Wildman–Crippen LogP) is 2.10. The average Bonchev–Trinajstić information content (AvgIpc) is 2.42. The van der Waals surface area contributed by atoms with Crippen molar-refractivity contribution in [3.63, 3.8) is 0 Å². The van der Waals surface area contributed by atoms with E-state index in [0.717, 1.165) is 25.9 Å². The van der Waals surface area contributed by atoms with Crippen LogP contribution in [-0.4, -0.2) is 37.5 Å². The second-order valence-electron chi connectivity index (χ2n) is 7.67. The molecule has 0 bridgehead atoms. The number of hydrogen-bond acceptors (Lipinski definition) is 3. The van der Waals surface area contributed by atoms with Gasteiger partial charge in [-0.2, -0.15) is 0 Å². The third-order valence-corrected chi connectivity index (χ3v) is 4.36. The summed E-state index contributed by atoms with van der Waals surface area (Å²) in [5.41, 5.74) is 0.157.